The summed E-state index contributed by atoms with van der Waals surface area (Å²) in [5.41, 5.74) is -0.503. The number of alkyl halides is 3. The minimum atomic E-state index is -5.08. The number of esters is 2. The second-order valence-corrected chi connectivity index (χ2v) is 11.8. The highest BCUT2D eigenvalue weighted by Crippen LogP contribution is 2.65. The average Bonchev–Trinajstić information content (AvgIpc) is 3.40. The van der Waals surface area contributed by atoms with E-state index in [1.165, 1.54) is 12.1 Å². The number of phenolic OH excluding ortho intramolecular Hbond substituents is 1. The molecule has 4 aliphatic rings. The SMILES string of the molecule is CN1CC[C@]23c4c5ccc(O)c4O[C@H]2C(OC(=O)[C@@H](OC(=O)[C@H](O)[C@@H](O)C(=O)O)c2ccccc2)=CC[C@@]3(O)[C@H]1C5.O=C(O)C(F)(F)F. The van der Waals surface area contributed by atoms with E-state index in [0.29, 0.717) is 24.9 Å². The van der Waals surface area contributed by atoms with Gasteiger partial charge in [0.05, 0.1) is 11.0 Å². The lowest BCUT2D eigenvalue weighted by molar-refractivity contribution is -0.192. The Balaban J connectivity index is 0.000000582. The molecule has 2 bridgehead atoms. The first-order chi connectivity index (χ1) is 22.4. The Labute approximate surface area is 269 Å². The highest BCUT2D eigenvalue weighted by Gasteiger charge is 2.72. The van der Waals surface area contributed by atoms with Crippen LogP contribution in [0.3, 0.4) is 0 Å². The summed E-state index contributed by atoms with van der Waals surface area (Å²) < 4.78 is 49.0. The van der Waals surface area contributed by atoms with Crippen LogP contribution in [0.25, 0.3) is 0 Å². The number of carbonyl (C=O) groups is 4. The predicted octanol–water partition coefficient (Wildman–Crippen LogP) is 0.937. The van der Waals surface area contributed by atoms with Gasteiger partial charge in [-0.15, -0.1) is 0 Å². The number of aromatic hydroxyl groups is 1. The van der Waals surface area contributed by atoms with E-state index in [9.17, 15) is 48.0 Å². The number of carboxylic acid groups (broad SMARTS) is 2. The zero-order valence-electron chi connectivity index (χ0n) is 25.0. The molecule has 2 heterocycles. The number of carboxylic acids is 2. The fourth-order valence-corrected chi connectivity index (χ4v) is 6.94. The summed E-state index contributed by atoms with van der Waals surface area (Å²) in [6, 6.07) is 10.9. The Hall–Kier alpha value is -4.71. The Bertz CT molecular complexity index is 1660. The molecule has 0 aromatic heterocycles. The number of likely N-dealkylation sites (N-methyl/N-ethyl adjacent to an activating group) is 1. The molecule has 1 saturated heterocycles. The van der Waals surface area contributed by atoms with Crippen molar-refractivity contribution in [1.29, 1.82) is 0 Å². The van der Waals surface area contributed by atoms with Crippen molar-refractivity contribution in [2.75, 3.05) is 13.6 Å². The summed E-state index contributed by atoms with van der Waals surface area (Å²) in [7, 11) is 1.94. The fraction of sp³-hybridized carbons (Fsp3) is 0.419. The number of aliphatic hydroxyl groups excluding tert-OH is 2. The number of carbonyl (C=O) groups excluding carboxylic acids is 2. The van der Waals surface area contributed by atoms with Crippen LogP contribution in [0.4, 0.5) is 13.2 Å². The third kappa shape index (κ3) is 5.61. The van der Waals surface area contributed by atoms with Gasteiger partial charge < -0.3 is 49.7 Å². The van der Waals surface area contributed by atoms with Gasteiger partial charge in [-0.05, 0) is 44.1 Å². The molecule has 6 N–H and O–H groups in total. The van der Waals surface area contributed by atoms with Crippen LogP contribution in [0.15, 0.2) is 54.3 Å². The molecule has 0 unspecified atom stereocenters. The number of aliphatic carboxylic acids is 2. The van der Waals surface area contributed by atoms with Crippen molar-refractivity contribution in [3.8, 4) is 11.5 Å². The zero-order chi connectivity index (χ0) is 35.3. The van der Waals surface area contributed by atoms with Gasteiger partial charge in [0, 0.05) is 23.6 Å². The van der Waals surface area contributed by atoms with Gasteiger partial charge in [-0.2, -0.15) is 13.2 Å². The van der Waals surface area contributed by atoms with Gasteiger partial charge in [-0.3, -0.25) is 0 Å². The van der Waals surface area contributed by atoms with Crippen molar-refractivity contribution < 1.29 is 77.2 Å². The molecule has 14 nitrogen and oxygen atoms in total. The number of rotatable bonds is 7. The van der Waals surface area contributed by atoms with Crippen molar-refractivity contribution in [3.05, 3.63) is 71.0 Å². The van der Waals surface area contributed by atoms with E-state index in [1.54, 1.807) is 30.3 Å². The molecule has 7 atom stereocenters. The molecule has 0 amide bonds. The van der Waals surface area contributed by atoms with Gasteiger partial charge in [0.1, 0.15) is 5.76 Å². The minimum absolute atomic E-state index is 0.0644. The van der Waals surface area contributed by atoms with E-state index < -0.39 is 65.5 Å². The summed E-state index contributed by atoms with van der Waals surface area (Å²) in [5, 5.41) is 58.6. The van der Waals surface area contributed by atoms with Crippen LogP contribution in [-0.4, -0.2) is 109 Å². The largest absolute Gasteiger partial charge is 0.504 e. The van der Waals surface area contributed by atoms with Gasteiger partial charge in [0.15, 0.2) is 29.8 Å². The maximum atomic E-state index is 13.6. The van der Waals surface area contributed by atoms with Gasteiger partial charge in [0.25, 0.3) is 0 Å². The molecule has 2 aliphatic heterocycles. The molecular formula is C31H30F3NO13. The first-order valence-corrected chi connectivity index (χ1v) is 14.4. The van der Waals surface area contributed by atoms with Crippen molar-refractivity contribution >= 4 is 23.9 Å². The summed E-state index contributed by atoms with van der Waals surface area (Å²) >= 11 is 0. The number of benzene rings is 2. The Kier molecular flexibility index (Phi) is 8.93. The van der Waals surface area contributed by atoms with Gasteiger partial charge in [0.2, 0.25) is 6.10 Å². The molecule has 258 valence electrons. The molecule has 1 spiro atoms. The summed E-state index contributed by atoms with van der Waals surface area (Å²) in [6.07, 6.45) is -10.0. The molecule has 1 fully saturated rings. The van der Waals surface area contributed by atoms with E-state index in [0.717, 1.165) is 5.56 Å². The highest BCUT2D eigenvalue weighted by molar-refractivity contribution is 5.87. The second-order valence-electron chi connectivity index (χ2n) is 11.8. The lowest BCUT2D eigenvalue weighted by Crippen LogP contribution is -2.74. The number of likely N-dealkylation sites (tertiary alicyclic amines) is 1. The Morgan fingerprint density at radius 3 is 2.27 bits per heavy atom. The van der Waals surface area contributed by atoms with Gasteiger partial charge in [-0.1, -0.05) is 36.4 Å². The number of hydrogen-bond acceptors (Lipinski definition) is 12. The summed E-state index contributed by atoms with van der Waals surface area (Å²) in [6.45, 7) is 0.622. The molecule has 2 aromatic rings. The number of halogens is 3. The maximum Gasteiger partial charge on any atom is 0.490 e. The van der Waals surface area contributed by atoms with Crippen LogP contribution in [0.1, 0.15) is 35.6 Å². The molecule has 17 heteroatoms. The minimum Gasteiger partial charge on any atom is -0.504 e. The number of phenols is 1. The van der Waals surface area contributed by atoms with Crippen LogP contribution in [0.2, 0.25) is 0 Å². The summed E-state index contributed by atoms with van der Waals surface area (Å²) in [5.74, 6) is -7.02. The Morgan fingerprint density at radius 2 is 1.67 bits per heavy atom. The molecule has 6 rings (SSSR count). The standard InChI is InChI=1S/C29H29NO11.C2HF3O2/c1-30-12-11-28-19-15-7-8-16(31)23(19)40-24(28)17(9-10-29(28,38)18(30)13-15)39-27(37)22(14-5-3-2-4-6-14)41-26(36)21(33)20(32)25(34)35;3-2(4,5)1(6)7/h2-9,18,20-22,24,31-33,38H,10-13H2,1H3,(H,34,35);(H,6,7)/t18-,20-,21-,22+,24+,28+,29-;/m1./s1. The van der Waals surface area contributed by atoms with E-state index >= 15 is 0 Å². The van der Waals surface area contributed by atoms with E-state index in [-0.39, 0.29) is 35.3 Å². The normalized spacial score (nSPS) is 27.0. The number of piperidine rings is 1. The zero-order valence-corrected chi connectivity index (χ0v) is 25.0. The number of nitrogens with zero attached hydrogens (tertiary/aromatic N) is 1. The molecular weight excluding hydrogens is 651 g/mol. The lowest BCUT2D eigenvalue weighted by Gasteiger charge is -2.61. The fourth-order valence-electron chi connectivity index (χ4n) is 6.94. The van der Waals surface area contributed by atoms with Crippen LogP contribution in [0.5, 0.6) is 11.5 Å². The molecule has 2 aliphatic carbocycles. The van der Waals surface area contributed by atoms with Crippen LogP contribution in [-0.2, 0) is 40.5 Å². The van der Waals surface area contributed by atoms with Crippen molar-refractivity contribution in [2.24, 2.45) is 0 Å². The predicted molar refractivity (Wildman–Crippen MR) is 151 cm³/mol. The molecule has 0 radical (unpaired) electrons. The monoisotopic (exact) mass is 681 g/mol. The smallest absolute Gasteiger partial charge is 0.490 e. The third-order valence-corrected chi connectivity index (χ3v) is 9.16. The molecule has 48 heavy (non-hydrogen) atoms. The van der Waals surface area contributed by atoms with Crippen molar-refractivity contribution in [2.45, 2.75) is 66.9 Å². The number of hydrogen-bond donors (Lipinski definition) is 6. The van der Waals surface area contributed by atoms with E-state index in [4.69, 9.17) is 29.2 Å². The lowest BCUT2D eigenvalue weighted by atomic mass is 9.50. The van der Waals surface area contributed by atoms with Crippen LogP contribution in [0, 0.1) is 0 Å². The maximum absolute atomic E-state index is 13.6. The Morgan fingerprint density at radius 1 is 1.02 bits per heavy atom. The van der Waals surface area contributed by atoms with Crippen molar-refractivity contribution in [3.63, 3.8) is 0 Å². The second kappa shape index (κ2) is 12.4. The number of aliphatic hydroxyl groups is 3. The highest BCUT2D eigenvalue weighted by atomic mass is 19.4. The van der Waals surface area contributed by atoms with Gasteiger partial charge in [-0.25, -0.2) is 19.2 Å². The van der Waals surface area contributed by atoms with Crippen molar-refractivity contribution in [1.82, 2.24) is 4.90 Å². The van der Waals surface area contributed by atoms with Gasteiger partial charge >= 0.3 is 30.1 Å². The molecule has 2 aromatic carbocycles. The van der Waals surface area contributed by atoms with Crippen LogP contribution >= 0.6 is 0 Å². The molecule has 0 saturated carbocycles. The topological polar surface area (TPSA) is 221 Å². The number of ether oxygens (including phenoxy) is 3. The first-order valence-electron chi connectivity index (χ1n) is 14.4. The van der Waals surface area contributed by atoms with Crippen LogP contribution < -0.4 is 4.74 Å². The average molecular weight is 682 g/mol. The van der Waals surface area contributed by atoms with E-state index in [2.05, 4.69) is 4.90 Å². The van der Waals surface area contributed by atoms with E-state index in [1.807, 2.05) is 13.1 Å². The first kappa shape index (κ1) is 34.6. The third-order valence-electron chi connectivity index (χ3n) is 9.16. The summed E-state index contributed by atoms with van der Waals surface area (Å²) in [4.78, 5) is 48.2. The quantitative estimate of drug-likeness (QED) is 0.224.